The van der Waals surface area contributed by atoms with Crippen molar-refractivity contribution in [2.45, 2.75) is 31.3 Å². The lowest BCUT2D eigenvalue weighted by Crippen LogP contribution is -2.67. The summed E-state index contributed by atoms with van der Waals surface area (Å²) in [6, 6.07) is 1.23. The van der Waals surface area contributed by atoms with Crippen LogP contribution in [-0.2, 0) is 4.79 Å². The summed E-state index contributed by atoms with van der Waals surface area (Å²) in [7, 11) is 0. The summed E-state index contributed by atoms with van der Waals surface area (Å²) in [6.07, 6.45) is 3.56. The highest BCUT2D eigenvalue weighted by Gasteiger charge is 2.42. The number of hydrogen-bond donors (Lipinski definition) is 1. The van der Waals surface area contributed by atoms with Crippen molar-refractivity contribution >= 4 is 5.91 Å². The number of piperidine rings is 1. The highest BCUT2D eigenvalue weighted by Crippen LogP contribution is 2.33. The molecule has 3 saturated heterocycles. The predicted molar refractivity (Wildman–Crippen MR) is 44.6 cm³/mol. The molecular formula is C9H14N2O. The van der Waals surface area contributed by atoms with Gasteiger partial charge in [0.2, 0.25) is 5.91 Å². The fourth-order valence-electron chi connectivity index (χ4n) is 2.28. The molecule has 4 rings (SSSR count). The van der Waals surface area contributed by atoms with Gasteiger partial charge in [0.05, 0.1) is 0 Å². The number of piperazine rings is 1. The first-order chi connectivity index (χ1) is 5.83. The van der Waals surface area contributed by atoms with Gasteiger partial charge in [0, 0.05) is 31.1 Å². The quantitative estimate of drug-likeness (QED) is 0.593. The number of carbonyl (C=O) groups is 1. The second kappa shape index (κ2) is 2.22. The molecule has 0 spiro atoms. The highest BCUT2D eigenvalue weighted by atomic mass is 16.2. The molecular weight excluding hydrogens is 152 g/mol. The molecule has 0 aromatic heterocycles. The van der Waals surface area contributed by atoms with Crippen LogP contribution in [0.25, 0.3) is 0 Å². The number of rotatable bonds is 1. The summed E-state index contributed by atoms with van der Waals surface area (Å²) in [6.45, 7) is 1.93. The van der Waals surface area contributed by atoms with E-state index in [2.05, 4.69) is 10.2 Å². The molecule has 4 fully saturated rings. The Bertz CT molecular complexity index is 209. The minimum absolute atomic E-state index is 0.405. The van der Waals surface area contributed by atoms with Crippen molar-refractivity contribution in [3.8, 4) is 0 Å². The molecule has 2 bridgehead atoms. The Kier molecular flexibility index (Phi) is 1.28. The van der Waals surface area contributed by atoms with Crippen molar-refractivity contribution in [1.82, 2.24) is 10.2 Å². The summed E-state index contributed by atoms with van der Waals surface area (Å²) in [4.78, 5) is 13.7. The van der Waals surface area contributed by atoms with E-state index in [1.807, 2.05) is 0 Å². The third-order valence-electron chi connectivity index (χ3n) is 3.16. The van der Waals surface area contributed by atoms with E-state index < -0.39 is 0 Å². The van der Waals surface area contributed by atoms with Crippen LogP contribution >= 0.6 is 0 Å². The zero-order valence-corrected chi connectivity index (χ0v) is 7.12. The molecule has 1 N–H and O–H groups in total. The van der Waals surface area contributed by atoms with E-state index >= 15 is 0 Å². The van der Waals surface area contributed by atoms with Crippen LogP contribution in [0, 0.1) is 5.92 Å². The van der Waals surface area contributed by atoms with Crippen LogP contribution in [0.5, 0.6) is 0 Å². The van der Waals surface area contributed by atoms with Gasteiger partial charge in [-0.05, 0) is 19.3 Å². The Labute approximate surface area is 72.1 Å². The zero-order chi connectivity index (χ0) is 8.13. The molecule has 12 heavy (non-hydrogen) atoms. The number of nitrogens with zero attached hydrogens (tertiary/aromatic N) is 1. The minimum Gasteiger partial charge on any atom is -0.339 e. The van der Waals surface area contributed by atoms with Crippen molar-refractivity contribution in [2.24, 2.45) is 5.92 Å². The molecule has 3 heterocycles. The average Bonchev–Trinajstić information content (AvgIpc) is 2.84. The average molecular weight is 166 g/mol. The van der Waals surface area contributed by atoms with Crippen LogP contribution < -0.4 is 5.32 Å². The molecule has 0 aromatic rings. The lowest BCUT2D eigenvalue weighted by atomic mass is 9.91. The van der Waals surface area contributed by atoms with Crippen LogP contribution in [0.4, 0.5) is 0 Å². The summed E-state index contributed by atoms with van der Waals surface area (Å²) >= 11 is 0. The van der Waals surface area contributed by atoms with Crippen molar-refractivity contribution in [2.75, 3.05) is 13.1 Å². The lowest BCUT2D eigenvalue weighted by Gasteiger charge is -2.48. The largest absolute Gasteiger partial charge is 0.339 e. The van der Waals surface area contributed by atoms with Gasteiger partial charge >= 0.3 is 0 Å². The van der Waals surface area contributed by atoms with E-state index in [1.165, 1.54) is 6.42 Å². The van der Waals surface area contributed by atoms with E-state index in [0.29, 0.717) is 23.9 Å². The highest BCUT2D eigenvalue weighted by molar-refractivity contribution is 5.81. The predicted octanol–water partition coefficient (Wildman–Crippen LogP) is -0.0309. The maximum absolute atomic E-state index is 11.6. The Morgan fingerprint density at radius 1 is 1.25 bits per heavy atom. The van der Waals surface area contributed by atoms with Gasteiger partial charge in [0.25, 0.3) is 0 Å². The van der Waals surface area contributed by atoms with Gasteiger partial charge in [-0.2, -0.15) is 0 Å². The molecule has 3 heteroatoms. The molecule has 66 valence electrons. The van der Waals surface area contributed by atoms with E-state index in [9.17, 15) is 4.79 Å². The number of carbonyl (C=O) groups excluding carboxylic acids is 1. The van der Waals surface area contributed by atoms with Gasteiger partial charge in [0.1, 0.15) is 0 Å². The minimum atomic E-state index is 0.405. The molecule has 0 aromatic carbocycles. The Morgan fingerprint density at radius 2 is 1.83 bits per heavy atom. The van der Waals surface area contributed by atoms with Gasteiger partial charge in [0.15, 0.2) is 0 Å². The first kappa shape index (κ1) is 6.89. The standard InChI is InChI=1S/C9H14N2O/c12-9(6-1-2-6)11-4-7-3-8(5-11)10-7/h6-8,10H,1-5H2. The van der Waals surface area contributed by atoms with Gasteiger partial charge in [-0.3, -0.25) is 4.79 Å². The van der Waals surface area contributed by atoms with Crippen molar-refractivity contribution in [3.05, 3.63) is 0 Å². The maximum Gasteiger partial charge on any atom is 0.225 e. The molecule has 2 unspecified atom stereocenters. The number of hydrogen-bond acceptors (Lipinski definition) is 2. The number of amides is 1. The van der Waals surface area contributed by atoms with E-state index in [0.717, 1.165) is 25.9 Å². The van der Waals surface area contributed by atoms with Crippen LogP contribution in [-0.4, -0.2) is 36.0 Å². The van der Waals surface area contributed by atoms with Crippen LogP contribution in [0.1, 0.15) is 19.3 Å². The number of nitrogens with one attached hydrogen (secondary N) is 1. The van der Waals surface area contributed by atoms with Gasteiger partial charge in [-0.15, -0.1) is 0 Å². The van der Waals surface area contributed by atoms with Crippen molar-refractivity contribution in [3.63, 3.8) is 0 Å². The topological polar surface area (TPSA) is 32.3 Å². The van der Waals surface area contributed by atoms with Crippen molar-refractivity contribution < 1.29 is 4.79 Å². The second-order valence-electron chi connectivity index (χ2n) is 4.31. The van der Waals surface area contributed by atoms with Gasteiger partial charge in [-0.1, -0.05) is 0 Å². The normalized spacial score (nSPS) is 39.2. The summed E-state index contributed by atoms with van der Waals surface area (Å²) in [5.74, 6) is 0.827. The third-order valence-corrected chi connectivity index (χ3v) is 3.16. The van der Waals surface area contributed by atoms with E-state index in [1.54, 1.807) is 0 Å². The smallest absolute Gasteiger partial charge is 0.225 e. The Hall–Kier alpha value is -0.570. The monoisotopic (exact) mass is 166 g/mol. The summed E-state index contributed by atoms with van der Waals surface area (Å²) in [5.41, 5.74) is 0. The van der Waals surface area contributed by atoms with Crippen LogP contribution in [0.15, 0.2) is 0 Å². The second-order valence-corrected chi connectivity index (χ2v) is 4.31. The molecule has 3 aliphatic heterocycles. The molecule has 4 aliphatic rings. The molecule has 1 amide bonds. The fraction of sp³-hybridized carbons (Fsp3) is 0.889. The van der Waals surface area contributed by atoms with Crippen molar-refractivity contribution in [1.29, 1.82) is 0 Å². The van der Waals surface area contributed by atoms with Crippen LogP contribution in [0.2, 0.25) is 0 Å². The first-order valence-electron chi connectivity index (χ1n) is 4.88. The Balaban J connectivity index is 1.65. The van der Waals surface area contributed by atoms with E-state index in [-0.39, 0.29) is 0 Å². The molecule has 2 atom stereocenters. The van der Waals surface area contributed by atoms with Gasteiger partial charge in [-0.25, -0.2) is 0 Å². The third kappa shape index (κ3) is 0.959. The maximum atomic E-state index is 11.6. The number of fused-ring (bicyclic) bond motifs is 2. The van der Waals surface area contributed by atoms with Crippen LogP contribution in [0.3, 0.4) is 0 Å². The molecule has 1 aliphatic carbocycles. The fourth-order valence-corrected chi connectivity index (χ4v) is 2.28. The molecule has 3 nitrogen and oxygen atoms in total. The van der Waals surface area contributed by atoms with E-state index in [4.69, 9.17) is 0 Å². The lowest BCUT2D eigenvalue weighted by molar-refractivity contribution is -0.136. The molecule has 1 saturated carbocycles. The molecule has 0 radical (unpaired) electrons. The summed E-state index contributed by atoms with van der Waals surface area (Å²) < 4.78 is 0. The summed E-state index contributed by atoms with van der Waals surface area (Å²) in [5, 5.41) is 3.43. The Morgan fingerprint density at radius 3 is 2.33 bits per heavy atom. The zero-order valence-electron chi connectivity index (χ0n) is 7.12. The van der Waals surface area contributed by atoms with Gasteiger partial charge < -0.3 is 10.2 Å². The SMILES string of the molecule is O=C(C1CC1)N1CC2CC(C1)N2. The first-order valence-corrected chi connectivity index (χ1v) is 4.88.